The summed E-state index contributed by atoms with van der Waals surface area (Å²) in [5.41, 5.74) is 0.232. The van der Waals surface area contributed by atoms with Crippen molar-refractivity contribution in [3.63, 3.8) is 0 Å². The van der Waals surface area contributed by atoms with E-state index < -0.39 is 10.1 Å². The molecular weight excluding hydrogens is 306 g/mol. The Kier molecular flexibility index (Phi) is 6.53. The fourth-order valence-corrected chi connectivity index (χ4v) is 1.59. The fourth-order valence-electron chi connectivity index (χ4n) is 1.38. The van der Waals surface area contributed by atoms with Gasteiger partial charge in [0.1, 0.15) is 11.4 Å². The molecule has 1 aromatic rings. The van der Waals surface area contributed by atoms with E-state index in [0.717, 1.165) is 19.1 Å². The number of oxime groups is 1. The predicted octanol–water partition coefficient (Wildman–Crippen LogP) is 0.816. The van der Waals surface area contributed by atoms with Crippen molar-refractivity contribution in [1.82, 2.24) is 4.98 Å². The van der Waals surface area contributed by atoms with Crippen LogP contribution in [0.15, 0.2) is 21.7 Å². The van der Waals surface area contributed by atoms with Crippen molar-refractivity contribution in [1.29, 1.82) is 5.26 Å². The van der Waals surface area contributed by atoms with Crippen molar-refractivity contribution in [2.45, 2.75) is 26.7 Å². The summed E-state index contributed by atoms with van der Waals surface area (Å²) in [7, 11) is -3.76. The lowest BCUT2D eigenvalue weighted by Crippen LogP contribution is -2.23. The van der Waals surface area contributed by atoms with Gasteiger partial charge in [0.15, 0.2) is 5.42 Å². The number of nitriles is 1. The minimum absolute atomic E-state index is 0.0550. The van der Waals surface area contributed by atoms with Crippen molar-refractivity contribution in [3.8, 4) is 6.07 Å². The maximum atomic E-state index is 10.8. The Bertz CT molecular complexity index is 789. The topological polar surface area (TPSA) is 106 Å². The molecule has 0 fully saturated rings. The minimum atomic E-state index is -3.76. The van der Waals surface area contributed by atoms with E-state index >= 15 is 0 Å². The van der Waals surface area contributed by atoms with E-state index in [-0.39, 0.29) is 11.6 Å². The number of oxazole rings is 1. The van der Waals surface area contributed by atoms with Crippen LogP contribution < -0.4 is 10.8 Å². The average molecular weight is 323 g/mol. The first-order chi connectivity index (χ1) is 10.4. The Morgan fingerprint density at radius 2 is 2.05 bits per heavy atom. The molecule has 7 nitrogen and oxygen atoms in total. The van der Waals surface area contributed by atoms with Gasteiger partial charge in [0.05, 0.1) is 6.26 Å². The quantitative estimate of drug-likeness (QED) is 0.463. The zero-order valence-electron chi connectivity index (χ0n) is 12.6. The molecule has 0 aromatic carbocycles. The summed E-state index contributed by atoms with van der Waals surface area (Å²) in [4.78, 5) is 4.04. The summed E-state index contributed by atoms with van der Waals surface area (Å²) in [5, 5.41) is 12.7. The van der Waals surface area contributed by atoms with Gasteiger partial charge in [-0.25, -0.2) is 4.98 Å². The Morgan fingerprint density at radius 1 is 1.41 bits per heavy atom. The molecule has 0 saturated heterocycles. The van der Waals surface area contributed by atoms with E-state index in [0.29, 0.717) is 10.8 Å². The molecule has 0 N–H and O–H groups in total. The third kappa shape index (κ3) is 5.54. The van der Waals surface area contributed by atoms with Crippen LogP contribution in [0.3, 0.4) is 0 Å². The molecule has 1 aromatic heterocycles. The molecule has 22 heavy (non-hydrogen) atoms. The Balaban J connectivity index is 0.000000541. The maximum Gasteiger partial charge on any atom is 0.325 e. The first-order valence-corrected chi connectivity index (χ1v) is 8.34. The van der Waals surface area contributed by atoms with Gasteiger partial charge >= 0.3 is 10.1 Å². The molecule has 0 saturated carbocycles. The van der Waals surface area contributed by atoms with Crippen LogP contribution in [0.4, 0.5) is 0 Å². The molecule has 0 unspecified atom stereocenters. The summed E-state index contributed by atoms with van der Waals surface area (Å²) >= 11 is 0. The zero-order valence-corrected chi connectivity index (χ0v) is 13.4. The smallest absolute Gasteiger partial charge is 0.325 e. The van der Waals surface area contributed by atoms with Crippen LogP contribution >= 0.6 is 0 Å². The highest BCUT2D eigenvalue weighted by molar-refractivity contribution is 7.85. The monoisotopic (exact) mass is 323 g/mol. The van der Waals surface area contributed by atoms with Gasteiger partial charge in [-0.1, -0.05) is 18.2 Å². The Morgan fingerprint density at radius 3 is 2.55 bits per heavy atom. The number of hydrogen-bond donors (Lipinski definition) is 0. The van der Waals surface area contributed by atoms with E-state index in [1.54, 1.807) is 6.07 Å². The summed E-state index contributed by atoms with van der Waals surface area (Å²) in [5.74, 6) is -0.0550. The standard InChI is InChI=1S/C10H9N3O4S.C4H8/c1-18(14,15)17-13-8(6-11)10-12-7-4-2-3-5-9(7)16-10;1-3-4-2/h4-5H,2-3H2,1H3;3-4H,1-2H3/b13-8+;4-3-. The zero-order chi connectivity index (χ0) is 16.6. The van der Waals surface area contributed by atoms with Crippen molar-refractivity contribution in [2.75, 3.05) is 6.26 Å². The molecule has 2 rings (SSSR count). The van der Waals surface area contributed by atoms with Crippen molar-refractivity contribution < 1.29 is 17.1 Å². The second-order valence-electron chi connectivity index (χ2n) is 4.25. The number of aromatic nitrogens is 1. The second kappa shape index (κ2) is 8.14. The van der Waals surface area contributed by atoms with Gasteiger partial charge in [-0.05, 0) is 37.9 Å². The number of allylic oxidation sites excluding steroid dienone is 2. The van der Waals surface area contributed by atoms with E-state index in [9.17, 15) is 8.42 Å². The predicted molar refractivity (Wildman–Crippen MR) is 82.5 cm³/mol. The lowest BCUT2D eigenvalue weighted by Gasteiger charge is -1.92. The molecule has 0 spiro atoms. The molecule has 8 heteroatoms. The van der Waals surface area contributed by atoms with Crippen molar-refractivity contribution in [3.05, 3.63) is 28.8 Å². The van der Waals surface area contributed by atoms with Crippen LogP contribution in [0.25, 0.3) is 12.2 Å². The molecule has 1 aliphatic rings. The number of nitrogens with zero attached hydrogens (tertiary/aromatic N) is 3. The van der Waals surface area contributed by atoms with E-state index in [4.69, 9.17) is 9.68 Å². The SMILES string of the molecule is C/C=C\C.CS(=O)(=O)O/N=C(\C#N)c1nc2c(o1)=CCCC=2. The largest absolute Gasteiger partial charge is 0.434 e. The van der Waals surface area contributed by atoms with Gasteiger partial charge in [-0.3, -0.25) is 4.28 Å². The summed E-state index contributed by atoms with van der Waals surface area (Å²) in [6.07, 6.45) is 10.2. The van der Waals surface area contributed by atoms with Gasteiger partial charge in [-0.15, -0.1) is 0 Å². The summed E-state index contributed by atoms with van der Waals surface area (Å²) < 4.78 is 31.0. The Labute approximate surface area is 129 Å². The molecule has 0 aliphatic heterocycles. The summed E-state index contributed by atoms with van der Waals surface area (Å²) in [6.45, 7) is 4.00. The van der Waals surface area contributed by atoms with Crippen LogP contribution in [-0.4, -0.2) is 25.4 Å². The van der Waals surface area contributed by atoms with Crippen LogP contribution in [-0.2, 0) is 14.4 Å². The van der Waals surface area contributed by atoms with Crippen LogP contribution in [0, 0.1) is 11.3 Å². The van der Waals surface area contributed by atoms with Crippen LogP contribution in [0.1, 0.15) is 32.6 Å². The molecule has 1 heterocycles. The van der Waals surface area contributed by atoms with Crippen LogP contribution in [0.5, 0.6) is 0 Å². The minimum Gasteiger partial charge on any atom is -0.434 e. The lowest BCUT2D eigenvalue weighted by molar-refractivity contribution is 0.342. The molecule has 0 atom stereocenters. The first kappa shape index (κ1) is 17.7. The molecule has 118 valence electrons. The first-order valence-electron chi connectivity index (χ1n) is 6.53. The van der Waals surface area contributed by atoms with Gasteiger partial charge in [0, 0.05) is 0 Å². The normalized spacial score (nSPS) is 14.0. The summed E-state index contributed by atoms with van der Waals surface area (Å²) in [6, 6.07) is 1.68. The molecule has 0 amide bonds. The highest BCUT2D eigenvalue weighted by Crippen LogP contribution is 1.99. The molecular formula is C14H17N3O4S. The Hall–Kier alpha value is -2.40. The van der Waals surface area contributed by atoms with Gasteiger partial charge in [0.2, 0.25) is 5.71 Å². The van der Waals surface area contributed by atoms with E-state index in [1.807, 2.05) is 38.2 Å². The van der Waals surface area contributed by atoms with Crippen molar-refractivity contribution in [2.24, 2.45) is 5.16 Å². The third-order valence-electron chi connectivity index (χ3n) is 2.42. The second-order valence-corrected chi connectivity index (χ2v) is 5.81. The van der Waals surface area contributed by atoms with E-state index in [2.05, 4.69) is 14.4 Å². The van der Waals surface area contributed by atoms with E-state index in [1.165, 1.54) is 0 Å². The lowest BCUT2D eigenvalue weighted by atomic mass is 10.2. The molecule has 0 bridgehead atoms. The fraction of sp³-hybridized carbons (Fsp3) is 0.357. The van der Waals surface area contributed by atoms with Gasteiger partial charge < -0.3 is 4.42 Å². The maximum absolute atomic E-state index is 10.8. The molecule has 1 aliphatic carbocycles. The molecule has 0 radical (unpaired) electrons. The number of hydrogen-bond acceptors (Lipinski definition) is 7. The van der Waals surface area contributed by atoms with Gasteiger partial charge in [-0.2, -0.15) is 13.7 Å². The number of rotatable bonds is 3. The highest BCUT2D eigenvalue weighted by Gasteiger charge is 2.13. The number of fused-ring (bicyclic) bond motifs is 1. The van der Waals surface area contributed by atoms with Gasteiger partial charge in [0.25, 0.3) is 5.89 Å². The van der Waals surface area contributed by atoms with Crippen molar-refractivity contribution >= 4 is 28.0 Å². The highest BCUT2D eigenvalue weighted by atomic mass is 32.2. The van der Waals surface area contributed by atoms with Crippen LogP contribution in [0.2, 0.25) is 0 Å². The third-order valence-corrected chi connectivity index (χ3v) is 2.77. The average Bonchev–Trinajstić information content (AvgIpc) is 2.90.